The van der Waals surface area contributed by atoms with Gasteiger partial charge in [-0.25, -0.2) is 0 Å². The molecule has 1 atom stereocenters. The molecule has 3 aromatic heterocycles. The SMILES string of the molecule is CC(Nc1nc(N)n2nc(-c3ccco3)nc2n1)c1ccccc1. The zero-order valence-corrected chi connectivity index (χ0v) is 12.9. The van der Waals surface area contributed by atoms with E-state index >= 15 is 0 Å². The van der Waals surface area contributed by atoms with E-state index in [9.17, 15) is 0 Å². The van der Waals surface area contributed by atoms with Gasteiger partial charge in [-0.05, 0) is 24.6 Å². The van der Waals surface area contributed by atoms with E-state index in [0.29, 0.717) is 23.3 Å². The molecule has 3 N–H and O–H groups in total. The van der Waals surface area contributed by atoms with E-state index in [0.717, 1.165) is 5.56 Å². The van der Waals surface area contributed by atoms with Crippen molar-refractivity contribution in [2.24, 2.45) is 0 Å². The molecule has 0 amide bonds. The number of hydrogen-bond donors (Lipinski definition) is 2. The van der Waals surface area contributed by atoms with Gasteiger partial charge >= 0.3 is 0 Å². The monoisotopic (exact) mass is 321 g/mol. The van der Waals surface area contributed by atoms with Gasteiger partial charge in [0.1, 0.15) is 0 Å². The minimum absolute atomic E-state index is 0.0283. The molecule has 120 valence electrons. The van der Waals surface area contributed by atoms with Gasteiger partial charge in [-0.3, -0.25) is 0 Å². The van der Waals surface area contributed by atoms with Crippen LogP contribution in [0.1, 0.15) is 18.5 Å². The predicted molar refractivity (Wildman–Crippen MR) is 89.2 cm³/mol. The summed E-state index contributed by atoms with van der Waals surface area (Å²) >= 11 is 0. The molecule has 0 spiro atoms. The number of nitrogens with two attached hydrogens (primary N) is 1. The third kappa shape index (κ3) is 2.54. The maximum absolute atomic E-state index is 5.98. The molecule has 0 aliphatic carbocycles. The van der Waals surface area contributed by atoms with Gasteiger partial charge in [0.05, 0.1) is 12.3 Å². The van der Waals surface area contributed by atoms with Crippen molar-refractivity contribution in [3.63, 3.8) is 0 Å². The summed E-state index contributed by atoms with van der Waals surface area (Å²) < 4.78 is 6.68. The predicted octanol–water partition coefficient (Wildman–Crippen LogP) is 2.53. The molecular weight excluding hydrogens is 306 g/mol. The average molecular weight is 321 g/mol. The molecule has 0 bridgehead atoms. The number of hydrogen-bond acceptors (Lipinski definition) is 7. The molecule has 0 fully saturated rings. The minimum atomic E-state index is 0.0283. The Morgan fingerprint density at radius 1 is 1.08 bits per heavy atom. The second kappa shape index (κ2) is 5.65. The summed E-state index contributed by atoms with van der Waals surface area (Å²) in [6.45, 7) is 2.02. The van der Waals surface area contributed by atoms with Crippen LogP contribution in [-0.2, 0) is 0 Å². The fourth-order valence-electron chi connectivity index (χ4n) is 2.40. The Morgan fingerprint density at radius 3 is 2.67 bits per heavy atom. The first-order valence-corrected chi connectivity index (χ1v) is 7.46. The third-order valence-corrected chi connectivity index (χ3v) is 3.62. The Kier molecular flexibility index (Phi) is 3.34. The highest BCUT2D eigenvalue weighted by Gasteiger charge is 2.15. The number of nitrogens with zero attached hydrogens (tertiary/aromatic N) is 5. The van der Waals surface area contributed by atoms with Gasteiger partial charge in [-0.1, -0.05) is 30.3 Å². The first-order valence-electron chi connectivity index (χ1n) is 7.46. The van der Waals surface area contributed by atoms with Crippen molar-refractivity contribution in [2.45, 2.75) is 13.0 Å². The van der Waals surface area contributed by atoms with Crippen molar-refractivity contribution in [3.8, 4) is 11.6 Å². The Morgan fingerprint density at radius 2 is 1.92 bits per heavy atom. The maximum Gasteiger partial charge on any atom is 0.259 e. The second-order valence-electron chi connectivity index (χ2n) is 5.31. The zero-order valence-electron chi connectivity index (χ0n) is 12.9. The summed E-state index contributed by atoms with van der Waals surface area (Å²) in [7, 11) is 0. The number of fused-ring (bicyclic) bond motifs is 1. The molecule has 4 rings (SSSR count). The van der Waals surface area contributed by atoms with Crippen LogP contribution in [0.25, 0.3) is 17.4 Å². The summed E-state index contributed by atoms with van der Waals surface area (Å²) in [6.07, 6.45) is 1.56. The summed E-state index contributed by atoms with van der Waals surface area (Å²) in [4.78, 5) is 13.0. The van der Waals surface area contributed by atoms with Crippen molar-refractivity contribution in [2.75, 3.05) is 11.1 Å². The number of nitrogen functional groups attached to an aromatic ring is 1. The normalized spacial score (nSPS) is 12.4. The van der Waals surface area contributed by atoms with E-state index in [-0.39, 0.29) is 12.0 Å². The molecular formula is C16H15N7O. The van der Waals surface area contributed by atoms with Crippen molar-refractivity contribution >= 4 is 17.7 Å². The quantitative estimate of drug-likeness (QED) is 0.594. The number of rotatable bonds is 4. The second-order valence-corrected chi connectivity index (χ2v) is 5.31. The number of aromatic nitrogens is 5. The lowest BCUT2D eigenvalue weighted by Crippen LogP contribution is -2.12. The highest BCUT2D eigenvalue weighted by Crippen LogP contribution is 2.20. The molecule has 8 nitrogen and oxygen atoms in total. The molecule has 24 heavy (non-hydrogen) atoms. The van der Waals surface area contributed by atoms with Crippen LogP contribution < -0.4 is 11.1 Å². The highest BCUT2D eigenvalue weighted by atomic mass is 16.3. The van der Waals surface area contributed by atoms with E-state index in [1.807, 2.05) is 37.3 Å². The van der Waals surface area contributed by atoms with E-state index in [1.165, 1.54) is 4.52 Å². The average Bonchev–Trinajstić information content (AvgIpc) is 3.25. The van der Waals surface area contributed by atoms with Crippen molar-refractivity contribution in [1.82, 2.24) is 24.6 Å². The van der Waals surface area contributed by atoms with Crippen LogP contribution in [0.4, 0.5) is 11.9 Å². The number of furan rings is 1. The van der Waals surface area contributed by atoms with E-state index < -0.39 is 0 Å². The molecule has 0 saturated heterocycles. The molecule has 8 heteroatoms. The molecule has 1 aromatic carbocycles. The van der Waals surface area contributed by atoms with Crippen molar-refractivity contribution in [3.05, 3.63) is 54.3 Å². The maximum atomic E-state index is 5.98. The van der Waals surface area contributed by atoms with Crippen LogP contribution in [0, 0.1) is 0 Å². The first kappa shape index (κ1) is 14.2. The van der Waals surface area contributed by atoms with Crippen molar-refractivity contribution in [1.29, 1.82) is 0 Å². The number of anilines is 2. The molecule has 0 saturated carbocycles. The molecule has 4 aromatic rings. The summed E-state index contributed by atoms with van der Waals surface area (Å²) in [6, 6.07) is 13.6. The lowest BCUT2D eigenvalue weighted by molar-refractivity contribution is 0.577. The van der Waals surface area contributed by atoms with Gasteiger partial charge < -0.3 is 15.5 Å². The summed E-state index contributed by atoms with van der Waals surface area (Å²) in [5.41, 5.74) is 7.10. The Labute approximate surface area is 137 Å². The molecule has 3 heterocycles. The first-order chi connectivity index (χ1) is 11.7. The number of benzene rings is 1. The zero-order chi connectivity index (χ0) is 16.5. The fraction of sp³-hybridized carbons (Fsp3) is 0.125. The van der Waals surface area contributed by atoms with Gasteiger partial charge in [-0.2, -0.15) is 19.5 Å². The van der Waals surface area contributed by atoms with E-state index in [4.69, 9.17) is 10.2 Å². The van der Waals surface area contributed by atoms with Gasteiger partial charge in [-0.15, -0.1) is 5.10 Å². The lowest BCUT2D eigenvalue weighted by Gasteiger charge is -2.14. The van der Waals surface area contributed by atoms with Gasteiger partial charge in [0.2, 0.25) is 17.7 Å². The molecule has 1 unspecified atom stereocenters. The van der Waals surface area contributed by atoms with Crippen LogP contribution in [0.3, 0.4) is 0 Å². The third-order valence-electron chi connectivity index (χ3n) is 3.62. The fourth-order valence-corrected chi connectivity index (χ4v) is 2.40. The highest BCUT2D eigenvalue weighted by molar-refractivity contribution is 5.52. The minimum Gasteiger partial charge on any atom is -0.461 e. The van der Waals surface area contributed by atoms with Crippen LogP contribution in [0.2, 0.25) is 0 Å². The van der Waals surface area contributed by atoms with Crippen LogP contribution in [0.5, 0.6) is 0 Å². The largest absolute Gasteiger partial charge is 0.461 e. The van der Waals surface area contributed by atoms with Crippen LogP contribution in [0.15, 0.2) is 53.1 Å². The van der Waals surface area contributed by atoms with Gasteiger partial charge in [0, 0.05) is 0 Å². The topological polar surface area (TPSA) is 107 Å². The smallest absolute Gasteiger partial charge is 0.259 e. The van der Waals surface area contributed by atoms with Gasteiger partial charge in [0.25, 0.3) is 5.78 Å². The van der Waals surface area contributed by atoms with Crippen LogP contribution in [-0.4, -0.2) is 24.6 Å². The lowest BCUT2D eigenvalue weighted by atomic mass is 10.1. The standard InChI is InChI=1S/C16H15N7O/c1-10(11-6-3-2-4-7-11)18-15-20-14(17)23-16(21-15)19-13(22-23)12-8-5-9-24-12/h2-10H,1H3,(H3,17,18,19,20,21,22). The van der Waals surface area contributed by atoms with E-state index in [2.05, 4.69) is 25.4 Å². The molecule has 0 aliphatic rings. The molecule has 0 aliphatic heterocycles. The number of nitrogens with one attached hydrogen (secondary N) is 1. The van der Waals surface area contributed by atoms with Crippen LogP contribution >= 0.6 is 0 Å². The van der Waals surface area contributed by atoms with Gasteiger partial charge in [0.15, 0.2) is 5.76 Å². The summed E-state index contributed by atoms with van der Waals surface area (Å²) in [5, 5.41) is 7.50. The Balaban J connectivity index is 1.67. The van der Waals surface area contributed by atoms with Crippen molar-refractivity contribution < 1.29 is 4.42 Å². The van der Waals surface area contributed by atoms with E-state index in [1.54, 1.807) is 18.4 Å². The Hall–Kier alpha value is -3.42. The molecule has 0 radical (unpaired) electrons. The Bertz CT molecular complexity index is 963. The summed E-state index contributed by atoms with van der Waals surface area (Å²) in [5.74, 6) is 1.92.